The zero-order valence-corrected chi connectivity index (χ0v) is 14.7. The van der Waals surface area contributed by atoms with E-state index in [0.29, 0.717) is 16.3 Å². The molecule has 9 heteroatoms. The smallest absolute Gasteiger partial charge is 0.269 e. The van der Waals surface area contributed by atoms with Crippen LogP contribution in [0.4, 0.5) is 10.7 Å². The van der Waals surface area contributed by atoms with Crippen LogP contribution in [0.25, 0.3) is 0 Å². The number of aryl methyl sites for hydroxylation is 1. The van der Waals surface area contributed by atoms with Crippen LogP contribution in [0.1, 0.15) is 27.7 Å². The Bertz CT molecular complexity index is 829. The van der Waals surface area contributed by atoms with Crippen molar-refractivity contribution in [2.75, 3.05) is 5.32 Å². The number of anilines is 1. The summed E-state index contributed by atoms with van der Waals surface area (Å²) in [4.78, 5) is 34.9. The largest absolute Gasteiger partial charge is 0.481 e. The lowest BCUT2D eigenvalue weighted by atomic mass is 10.1. The van der Waals surface area contributed by atoms with Gasteiger partial charge < -0.3 is 15.8 Å². The molecule has 0 saturated heterocycles. The van der Waals surface area contributed by atoms with E-state index in [0.717, 1.165) is 10.4 Å². The fourth-order valence-corrected chi connectivity index (χ4v) is 3.20. The number of nitro groups is 1. The Kier molecular flexibility index (Phi) is 5.38. The highest BCUT2D eigenvalue weighted by Gasteiger charge is 2.22. The van der Waals surface area contributed by atoms with Crippen LogP contribution >= 0.6 is 11.3 Å². The van der Waals surface area contributed by atoms with Crippen molar-refractivity contribution in [1.29, 1.82) is 0 Å². The Morgan fingerprint density at radius 1 is 1.28 bits per heavy atom. The van der Waals surface area contributed by atoms with Gasteiger partial charge in [0.2, 0.25) is 0 Å². The molecule has 132 valence electrons. The van der Waals surface area contributed by atoms with E-state index >= 15 is 0 Å². The molecule has 1 atom stereocenters. The highest BCUT2D eigenvalue weighted by molar-refractivity contribution is 7.16. The van der Waals surface area contributed by atoms with E-state index in [1.54, 1.807) is 6.92 Å². The molecule has 2 amide bonds. The Morgan fingerprint density at radius 2 is 1.88 bits per heavy atom. The number of carbonyl (C=O) groups excluding carboxylic acids is 2. The second-order valence-corrected chi connectivity index (χ2v) is 6.58. The van der Waals surface area contributed by atoms with E-state index in [1.165, 1.54) is 42.5 Å². The predicted octanol–water partition coefficient (Wildman–Crippen LogP) is 2.78. The number of nitrogens with two attached hydrogens (primary N) is 1. The van der Waals surface area contributed by atoms with Crippen molar-refractivity contribution < 1.29 is 19.2 Å². The molecule has 0 aliphatic rings. The van der Waals surface area contributed by atoms with Crippen molar-refractivity contribution in [3.63, 3.8) is 0 Å². The number of primary amides is 1. The van der Waals surface area contributed by atoms with E-state index in [4.69, 9.17) is 10.5 Å². The van der Waals surface area contributed by atoms with Crippen molar-refractivity contribution in [1.82, 2.24) is 0 Å². The second kappa shape index (κ2) is 7.31. The summed E-state index contributed by atoms with van der Waals surface area (Å²) in [5.41, 5.74) is 6.33. The highest BCUT2D eigenvalue weighted by atomic mass is 32.1. The van der Waals surface area contributed by atoms with Gasteiger partial charge in [-0.15, -0.1) is 11.3 Å². The number of nitrogens with one attached hydrogen (secondary N) is 1. The Morgan fingerprint density at radius 3 is 2.40 bits per heavy atom. The molecule has 0 saturated carbocycles. The third-order valence-corrected chi connectivity index (χ3v) is 4.72. The molecule has 0 aliphatic carbocycles. The van der Waals surface area contributed by atoms with Crippen LogP contribution in [0.2, 0.25) is 0 Å². The normalized spacial score (nSPS) is 11.6. The van der Waals surface area contributed by atoms with Gasteiger partial charge in [-0.1, -0.05) is 0 Å². The van der Waals surface area contributed by atoms with Crippen LogP contribution in [-0.2, 0) is 4.79 Å². The number of nitrogens with zero attached hydrogens (tertiary/aromatic N) is 1. The number of rotatable bonds is 6. The van der Waals surface area contributed by atoms with Crippen LogP contribution in [0.3, 0.4) is 0 Å². The molecule has 3 N–H and O–H groups in total. The molecular formula is C16H17N3O5S. The maximum absolute atomic E-state index is 12.3. The van der Waals surface area contributed by atoms with Gasteiger partial charge in [0.25, 0.3) is 17.5 Å². The van der Waals surface area contributed by atoms with Gasteiger partial charge in [0.1, 0.15) is 10.8 Å². The van der Waals surface area contributed by atoms with Crippen LogP contribution in [-0.4, -0.2) is 22.8 Å². The number of benzene rings is 1. The number of ether oxygens (including phenoxy) is 1. The molecule has 1 heterocycles. The summed E-state index contributed by atoms with van der Waals surface area (Å²) < 4.78 is 5.47. The standard InChI is InChI=1S/C16H17N3O5S/c1-8-10(3)25-16(13(8)14(17)20)18-15(21)9(2)24-12-6-4-11(5-7-12)19(22)23/h4-7,9H,1-3H3,(H2,17,20)(H,18,21)/t9-/m1/s1. The molecule has 0 spiro atoms. The minimum Gasteiger partial charge on any atom is -0.481 e. The Balaban J connectivity index is 2.09. The summed E-state index contributed by atoms with van der Waals surface area (Å²) in [5.74, 6) is -0.745. The third-order valence-electron chi connectivity index (χ3n) is 3.60. The van der Waals surface area contributed by atoms with Gasteiger partial charge in [-0.2, -0.15) is 0 Å². The maximum atomic E-state index is 12.3. The predicted molar refractivity (Wildman–Crippen MR) is 94.1 cm³/mol. The van der Waals surface area contributed by atoms with E-state index in [-0.39, 0.29) is 5.69 Å². The SMILES string of the molecule is Cc1sc(NC(=O)[C@@H](C)Oc2ccc([N+](=O)[O-])cc2)c(C(N)=O)c1C. The summed E-state index contributed by atoms with van der Waals surface area (Å²) in [6.45, 7) is 5.13. The van der Waals surface area contributed by atoms with E-state index in [9.17, 15) is 19.7 Å². The molecule has 8 nitrogen and oxygen atoms in total. The number of thiophene rings is 1. The first-order valence-electron chi connectivity index (χ1n) is 7.32. The van der Waals surface area contributed by atoms with E-state index in [2.05, 4.69) is 5.32 Å². The van der Waals surface area contributed by atoms with Gasteiger partial charge in [0, 0.05) is 17.0 Å². The molecule has 0 unspecified atom stereocenters. The Hall–Kier alpha value is -2.94. The number of amides is 2. The number of non-ortho nitro benzene ring substituents is 1. The van der Waals surface area contributed by atoms with Gasteiger partial charge in [0.15, 0.2) is 6.10 Å². The topological polar surface area (TPSA) is 125 Å². The minimum atomic E-state index is -0.870. The third kappa shape index (κ3) is 4.13. The molecular weight excluding hydrogens is 346 g/mol. The molecule has 0 radical (unpaired) electrons. The maximum Gasteiger partial charge on any atom is 0.269 e. The van der Waals surface area contributed by atoms with Crippen molar-refractivity contribution in [3.05, 3.63) is 50.4 Å². The van der Waals surface area contributed by atoms with Crippen molar-refractivity contribution in [2.24, 2.45) is 5.73 Å². The fraction of sp³-hybridized carbons (Fsp3) is 0.250. The minimum absolute atomic E-state index is 0.0694. The average molecular weight is 363 g/mol. The van der Waals surface area contributed by atoms with Gasteiger partial charge in [-0.25, -0.2) is 0 Å². The van der Waals surface area contributed by atoms with Crippen LogP contribution in [0.15, 0.2) is 24.3 Å². The van der Waals surface area contributed by atoms with E-state index in [1.807, 2.05) is 6.92 Å². The molecule has 0 bridgehead atoms. The van der Waals surface area contributed by atoms with Gasteiger partial charge in [0.05, 0.1) is 10.5 Å². The average Bonchev–Trinajstić information content (AvgIpc) is 2.82. The molecule has 1 aromatic heterocycles. The molecule has 2 rings (SSSR count). The van der Waals surface area contributed by atoms with E-state index < -0.39 is 22.8 Å². The first-order valence-corrected chi connectivity index (χ1v) is 8.14. The highest BCUT2D eigenvalue weighted by Crippen LogP contribution is 2.32. The summed E-state index contributed by atoms with van der Waals surface area (Å²) >= 11 is 1.26. The quantitative estimate of drug-likeness (QED) is 0.603. The monoisotopic (exact) mass is 363 g/mol. The number of carbonyl (C=O) groups is 2. The molecule has 0 fully saturated rings. The molecule has 25 heavy (non-hydrogen) atoms. The Labute approximate surface area is 147 Å². The summed E-state index contributed by atoms with van der Waals surface area (Å²) in [6.07, 6.45) is -0.870. The van der Waals surface area contributed by atoms with Crippen molar-refractivity contribution in [2.45, 2.75) is 26.9 Å². The zero-order valence-electron chi connectivity index (χ0n) is 13.9. The van der Waals surface area contributed by atoms with Gasteiger partial charge in [-0.05, 0) is 38.5 Å². The van der Waals surface area contributed by atoms with Crippen LogP contribution in [0, 0.1) is 24.0 Å². The number of hydrogen-bond donors (Lipinski definition) is 2. The first kappa shape index (κ1) is 18.4. The molecule has 0 aliphatic heterocycles. The van der Waals surface area contributed by atoms with Crippen molar-refractivity contribution >= 4 is 33.8 Å². The van der Waals surface area contributed by atoms with Crippen molar-refractivity contribution in [3.8, 4) is 5.75 Å². The number of hydrogen-bond acceptors (Lipinski definition) is 6. The summed E-state index contributed by atoms with van der Waals surface area (Å²) in [6, 6.07) is 5.40. The number of nitro benzene ring substituents is 1. The summed E-state index contributed by atoms with van der Waals surface area (Å²) in [5, 5.41) is 13.7. The van der Waals surface area contributed by atoms with Gasteiger partial charge in [-0.3, -0.25) is 19.7 Å². The fourth-order valence-electron chi connectivity index (χ4n) is 2.13. The first-order chi connectivity index (χ1) is 11.7. The lowest BCUT2D eigenvalue weighted by Gasteiger charge is -2.14. The molecule has 2 aromatic rings. The van der Waals surface area contributed by atoms with Crippen LogP contribution in [0.5, 0.6) is 5.75 Å². The van der Waals surface area contributed by atoms with Gasteiger partial charge >= 0.3 is 0 Å². The van der Waals surface area contributed by atoms with Crippen LogP contribution < -0.4 is 15.8 Å². The molecule has 1 aromatic carbocycles. The lowest BCUT2D eigenvalue weighted by Crippen LogP contribution is -2.30. The second-order valence-electron chi connectivity index (χ2n) is 5.35. The zero-order chi connectivity index (χ0) is 18.7. The summed E-state index contributed by atoms with van der Waals surface area (Å²) in [7, 11) is 0. The lowest BCUT2D eigenvalue weighted by molar-refractivity contribution is -0.384.